The number of hydrogen-bond donors (Lipinski definition) is 1. The van der Waals surface area contributed by atoms with Gasteiger partial charge in [0, 0.05) is 22.2 Å². The van der Waals surface area contributed by atoms with E-state index in [1.807, 2.05) is 22.8 Å². The van der Waals surface area contributed by atoms with Crippen LogP contribution < -0.4 is 10.1 Å². The second kappa shape index (κ2) is 9.29. The Balaban J connectivity index is 1.85. The molecule has 0 aliphatic carbocycles. The fourth-order valence-electron chi connectivity index (χ4n) is 3.37. The summed E-state index contributed by atoms with van der Waals surface area (Å²) in [5, 5.41) is 13.3. The van der Waals surface area contributed by atoms with Crippen LogP contribution in [0.2, 0.25) is 10.0 Å². The molecular weight excluding hydrogens is 443 g/mol. The molecule has 1 aliphatic heterocycles. The molecule has 2 aromatic carbocycles. The molecule has 1 atom stereocenters. The van der Waals surface area contributed by atoms with Gasteiger partial charge in [0.1, 0.15) is 5.75 Å². The van der Waals surface area contributed by atoms with Crippen molar-refractivity contribution in [2.75, 3.05) is 13.7 Å². The van der Waals surface area contributed by atoms with E-state index in [0.717, 1.165) is 24.8 Å². The molecule has 3 aromatic rings. The van der Waals surface area contributed by atoms with Crippen molar-refractivity contribution in [2.24, 2.45) is 0 Å². The van der Waals surface area contributed by atoms with E-state index < -0.39 is 0 Å². The van der Waals surface area contributed by atoms with Crippen LogP contribution in [0, 0.1) is 0 Å². The van der Waals surface area contributed by atoms with E-state index in [2.05, 4.69) is 15.5 Å². The maximum Gasteiger partial charge on any atom is 0.233 e. The van der Waals surface area contributed by atoms with Crippen LogP contribution in [0.3, 0.4) is 0 Å². The molecule has 156 valence electrons. The molecule has 1 aliphatic rings. The van der Waals surface area contributed by atoms with Gasteiger partial charge < -0.3 is 10.1 Å². The predicted molar refractivity (Wildman–Crippen MR) is 120 cm³/mol. The van der Waals surface area contributed by atoms with Crippen molar-refractivity contribution in [1.82, 2.24) is 20.1 Å². The first-order chi connectivity index (χ1) is 14.6. The summed E-state index contributed by atoms with van der Waals surface area (Å²) < 4.78 is 7.45. The molecule has 1 saturated heterocycles. The monoisotopic (exact) mass is 462 g/mol. The van der Waals surface area contributed by atoms with Crippen molar-refractivity contribution >= 4 is 40.9 Å². The van der Waals surface area contributed by atoms with E-state index in [1.54, 1.807) is 31.4 Å². The standard InChI is InChI=1S/C21H20Cl2N4O2S/c1-29-17-9-8-15(23)12-16(17)27-19(13-5-4-6-14(22)11-13)25-26-21(27)30-18-7-2-3-10-24-20(18)28/h4-6,8-9,11-12,18H,2-3,7,10H2,1H3,(H,24,28). The number of benzene rings is 2. The van der Waals surface area contributed by atoms with Crippen molar-refractivity contribution < 1.29 is 9.53 Å². The van der Waals surface area contributed by atoms with Gasteiger partial charge in [-0.3, -0.25) is 9.36 Å². The molecule has 1 N–H and O–H groups in total. The van der Waals surface area contributed by atoms with Crippen LogP contribution in [0.4, 0.5) is 0 Å². The minimum Gasteiger partial charge on any atom is -0.495 e. The van der Waals surface area contributed by atoms with E-state index >= 15 is 0 Å². The molecule has 9 heteroatoms. The lowest BCUT2D eigenvalue weighted by Crippen LogP contribution is -2.30. The van der Waals surface area contributed by atoms with Gasteiger partial charge in [-0.2, -0.15) is 0 Å². The van der Waals surface area contributed by atoms with Gasteiger partial charge in [0.25, 0.3) is 0 Å². The minimum atomic E-state index is -0.243. The molecule has 30 heavy (non-hydrogen) atoms. The zero-order chi connectivity index (χ0) is 21.1. The average molecular weight is 463 g/mol. The summed E-state index contributed by atoms with van der Waals surface area (Å²) in [6.45, 7) is 0.707. The van der Waals surface area contributed by atoms with Crippen molar-refractivity contribution in [3.05, 3.63) is 52.5 Å². The van der Waals surface area contributed by atoms with Crippen molar-refractivity contribution in [3.63, 3.8) is 0 Å². The third-order valence-electron chi connectivity index (χ3n) is 4.83. The van der Waals surface area contributed by atoms with Gasteiger partial charge in [-0.25, -0.2) is 0 Å². The summed E-state index contributed by atoms with van der Waals surface area (Å²) in [5.74, 6) is 1.23. The molecule has 0 radical (unpaired) electrons. The van der Waals surface area contributed by atoms with Crippen molar-refractivity contribution in [2.45, 2.75) is 29.7 Å². The number of aromatic nitrogens is 3. The first-order valence-electron chi connectivity index (χ1n) is 9.56. The number of rotatable bonds is 5. The SMILES string of the molecule is COc1ccc(Cl)cc1-n1c(SC2CCCCNC2=O)nnc1-c1cccc(Cl)c1. The molecule has 0 spiro atoms. The molecule has 0 saturated carbocycles. The average Bonchev–Trinajstić information content (AvgIpc) is 3.04. The van der Waals surface area contributed by atoms with Crippen LogP contribution >= 0.6 is 35.0 Å². The first kappa shape index (κ1) is 21.0. The fourth-order valence-corrected chi connectivity index (χ4v) is 4.83. The van der Waals surface area contributed by atoms with Crippen LogP contribution in [0.25, 0.3) is 17.1 Å². The van der Waals surface area contributed by atoms with E-state index in [-0.39, 0.29) is 11.2 Å². The van der Waals surface area contributed by atoms with Crippen LogP contribution in [-0.2, 0) is 4.79 Å². The number of amides is 1. The lowest BCUT2D eigenvalue weighted by Gasteiger charge is -2.17. The Hall–Kier alpha value is -2.22. The summed E-state index contributed by atoms with van der Waals surface area (Å²) in [4.78, 5) is 12.5. The summed E-state index contributed by atoms with van der Waals surface area (Å²) in [6, 6.07) is 12.8. The van der Waals surface area contributed by atoms with Crippen LogP contribution in [-0.4, -0.2) is 39.6 Å². The zero-order valence-electron chi connectivity index (χ0n) is 16.3. The highest BCUT2D eigenvalue weighted by Gasteiger charge is 2.27. The molecule has 4 rings (SSSR count). The summed E-state index contributed by atoms with van der Waals surface area (Å²) in [6.07, 6.45) is 2.74. The quantitative estimate of drug-likeness (QED) is 0.576. The van der Waals surface area contributed by atoms with Gasteiger partial charge in [0.2, 0.25) is 5.91 Å². The molecule has 6 nitrogen and oxygen atoms in total. The second-order valence-electron chi connectivity index (χ2n) is 6.86. The number of ether oxygens (including phenoxy) is 1. The predicted octanol–water partition coefficient (Wildman–Crippen LogP) is 5.01. The molecule has 1 aromatic heterocycles. The lowest BCUT2D eigenvalue weighted by molar-refractivity contribution is -0.120. The number of methoxy groups -OCH3 is 1. The minimum absolute atomic E-state index is 0.0226. The van der Waals surface area contributed by atoms with Gasteiger partial charge in [0.15, 0.2) is 11.0 Å². The maximum absolute atomic E-state index is 12.5. The molecule has 1 unspecified atom stereocenters. The number of halogens is 2. The number of nitrogens with zero attached hydrogens (tertiary/aromatic N) is 3. The van der Waals surface area contributed by atoms with Gasteiger partial charge in [-0.1, -0.05) is 53.5 Å². The molecule has 2 heterocycles. The van der Waals surface area contributed by atoms with Gasteiger partial charge in [-0.15, -0.1) is 10.2 Å². The topological polar surface area (TPSA) is 69.0 Å². The Kier molecular flexibility index (Phi) is 6.51. The third-order valence-corrected chi connectivity index (χ3v) is 6.51. The smallest absolute Gasteiger partial charge is 0.233 e. The summed E-state index contributed by atoms with van der Waals surface area (Å²) in [7, 11) is 1.60. The largest absolute Gasteiger partial charge is 0.495 e. The van der Waals surface area contributed by atoms with E-state index in [1.165, 1.54) is 11.8 Å². The fraction of sp³-hybridized carbons (Fsp3) is 0.286. The Morgan fingerprint density at radius 3 is 2.77 bits per heavy atom. The van der Waals surface area contributed by atoms with Crippen LogP contribution in [0.15, 0.2) is 47.6 Å². The second-order valence-corrected chi connectivity index (χ2v) is 8.90. The highest BCUT2D eigenvalue weighted by Crippen LogP contribution is 2.37. The highest BCUT2D eigenvalue weighted by molar-refractivity contribution is 8.00. The van der Waals surface area contributed by atoms with Gasteiger partial charge in [-0.05, 0) is 43.2 Å². The third kappa shape index (κ3) is 4.43. The normalized spacial score (nSPS) is 16.8. The Morgan fingerprint density at radius 2 is 1.97 bits per heavy atom. The number of carbonyl (C=O) groups is 1. The maximum atomic E-state index is 12.5. The first-order valence-corrected chi connectivity index (χ1v) is 11.2. The zero-order valence-corrected chi connectivity index (χ0v) is 18.6. The van der Waals surface area contributed by atoms with Crippen molar-refractivity contribution in [3.8, 4) is 22.8 Å². The van der Waals surface area contributed by atoms with E-state index in [4.69, 9.17) is 27.9 Å². The van der Waals surface area contributed by atoms with E-state index in [9.17, 15) is 4.79 Å². The van der Waals surface area contributed by atoms with E-state index in [0.29, 0.717) is 39.0 Å². The van der Waals surface area contributed by atoms with Crippen LogP contribution in [0.5, 0.6) is 5.75 Å². The Labute approximate surface area is 188 Å². The van der Waals surface area contributed by atoms with Gasteiger partial charge >= 0.3 is 0 Å². The highest BCUT2D eigenvalue weighted by atomic mass is 35.5. The molecule has 1 amide bonds. The summed E-state index contributed by atoms with van der Waals surface area (Å²) >= 11 is 13.9. The Bertz CT molecular complexity index is 1070. The lowest BCUT2D eigenvalue weighted by atomic mass is 10.2. The molecule has 1 fully saturated rings. The van der Waals surface area contributed by atoms with Crippen molar-refractivity contribution in [1.29, 1.82) is 0 Å². The number of thioether (sulfide) groups is 1. The molecule has 0 bridgehead atoms. The van der Waals surface area contributed by atoms with Crippen LogP contribution in [0.1, 0.15) is 19.3 Å². The Morgan fingerprint density at radius 1 is 1.13 bits per heavy atom. The molecular formula is C21H20Cl2N4O2S. The van der Waals surface area contributed by atoms with Gasteiger partial charge in [0.05, 0.1) is 18.0 Å². The number of hydrogen-bond acceptors (Lipinski definition) is 5. The number of carbonyl (C=O) groups excluding carboxylic acids is 1. The summed E-state index contributed by atoms with van der Waals surface area (Å²) in [5.41, 5.74) is 1.50. The number of nitrogens with one attached hydrogen (secondary N) is 1.